The third-order valence-corrected chi connectivity index (χ3v) is 5.03. The fourth-order valence-electron chi connectivity index (χ4n) is 2.52. The van der Waals surface area contributed by atoms with E-state index in [1.165, 1.54) is 23.5 Å². The second kappa shape index (κ2) is 6.54. The quantitative estimate of drug-likeness (QED) is 0.519. The maximum absolute atomic E-state index is 13.4. The van der Waals surface area contributed by atoms with Crippen molar-refractivity contribution in [2.75, 3.05) is 14.2 Å². The van der Waals surface area contributed by atoms with Crippen molar-refractivity contribution in [3.05, 3.63) is 47.2 Å². The van der Waals surface area contributed by atoms with Crippen LogP contribution in [0.25, 0.3) is 26.9 Å². The topological polar surface area (TPSA) is 61.5 Å². The molecule has 2 aromatic carbocycles. The average Bonchev–Trinajstić information content (AvgIpc) is 3.24. The first-order valence-corrected chi connectivity index (χ1v) is 8.70. The van der Waals surface area contributed by atoms with Crippen LogP contribution in [0.4, 0.5) is 4.39 Å². The Bertz CT molecular complexity index is 1110. The molecule has 0 aliphatic heterocycles. The van der Waals surface area contributed by atoms with Crippen LogP contribution in [0.15, 0.2) is 36.4 Å². The van der Waals surface area contributed by atoms with Gasteiger partial charge in [-0.3, -0.25) is 0 Å². The number of halogens is 2. The zero-order valence-electron chi connectivity index (χ0n) is 13.7. The highest BCUT2D eigenvalue weighted by molar-refractivity contribution is 7.19. The third kappa shape index (κ3) is 2.77. The smallest absolute Gasteiger partial charge is 0.235 e. The highest BCUT2D eigenvalue weighted by atomic mass is 35.5. The van der Waals surface area contributed by atoms with Gasteiger partial charge in [0.15, 0.2) is 10.8 Å². The summed E-state index contributed by atoms with van der Waals surface area (Å²) in [5.41, 5.74) is 1.44. The lowest BCUT2D eigenvalue weighted by Crippen LogP contribution is -1.93. The minimum atomic E-state index is -0.488. The maximum Gasteiger partial charge on any atom is 0.235 e. The van der Waals surface area contributed by atoms with E-state index in [-0.39, 0.29) is 5.02 Å². The SMILES string of the molecule is COc1ccc(-c2nn3c(-c4ccc(F)c(Cl)c4)nnc3s2)c(OC)c1. The summed E-state index contributed by atoms with van der Waals surface area (Å²) < 4.78 is 25.7. The summed E-state index contributed by atoms with van der Waals surface area (Å²) in [6.45, 7) is 0. The summed E-state index contributed by atoms with van der Waals surface area (Å²) in [4.78, 5) is 0.605. The molecule has 0 saturated heterocycles. The van der Waals surface area contributed by atoms with Crippen molar-refractivity contribution in [3.63, 3.8) is 0 Å². The van der Waals surface area contributed by atoms with Gasteiger partial charge in [-0.1, -0.05) is 22.9 Å². The molecule has 0 fully saturated rings. The molecule has 0 spiro atoms. The average molecular weight is 391 g/mol. The third-order valence-electron chi connectivity index (χ3n) is 3.81. The predicted molar refractivity (Wildman–Crippen MR) is 97.6 cm³/mol. The monoisotopic (exact) mass is 390 g/mol. The number of nitrogens with zero attached hydrogens (tertiary/aromatic N) is 4. The minimum Gasteiger partial charge on any atom is -0.497 e. The van der Waals surface area contributed by atoms with E-state index in [9.17, 15) is 4.39 Å². The van der Waals surface area contributed by atoms with Crippen molar-refractivity contribution in [1.29, 1.82) is 0 Å². The fourth-order valence-corrected chi connectivity index (χ4v) is 3.57. The van der Waals surface area contributed by atoms with E-state index in [2.05, 4.69) is 15.3 Å². The lowest BCUT2D eigenvalue weighted by molar-refractivity contribution is 0.395. The van der Waals surface area contributed by atoms with Gasteiger partial charge >= 0.3 is 0 Å². The van der Waals surface area contributed by atoms with E-state index in [0.29, 0.717) is 32.9 Å². The molecule has 26 heavy (non-hydrogen) atoms. The molecule has 0 amide bonds. The summed E-state index contributed by atoms with van der Waals surface area (Å²) >= 11 is 7.24. The van der Waals surface area contributed by atoms with Crippen LogP contribution in [-0.2, 0) is 0 Å². The summed E-state index contributed by atoms with van der Waals surface area (Å²) in [5, 5.41) is 13.6. The van der Waals surface area contributed by atoms with Gasteiger partial charge in [0, 0.05) is 11.6 Å². The zero-order valence-corrected chi connectivity index (χ0v) is 15.3. The molecule has 0 unspecified atom stereocenters. The van der Waals surface area contributed by atoms with Gasteiger partial charge in [0.2, 0.25) is 4.96 Å². The molecule has 4 aromatic rings. The van der Waals surface area contributed by atoms with Crippen LogP contribution in [0.2, 0.25) is 5.02 Å². The van der Waals surface area contributed by atoms with Crippen molar-refractivity contribution in [2.45, 2.75) is 0 Å². The Morgan fingerprint density at radius 3 is 2.65 bits per heavy atom. The molecule has 2 heterocycles. The molecule has 0 radical (unpaired) electrons. The largest absolute Gasteiger partial charge is 0.497 e. The van der Waals surface area contributed by atoms with Gasteiger partial charge in [0.1, 0.15) is 17.3 Å². The number of rotatable bonds is 4. The van der Waals surface area contributed by atoms with Crippen LogP contribution in [0, 0.1) is 5.82 Å². The number of aromatic nitrogens is 4. The van der Waals surface area contributed by atoms with E-state index < -0.39 is 5.82 Å². The van der Waals surface area contributed by atoms with Crippen LogP contribution in [0.1, 0.15) is 0 Å². The number of hydrogen-bond acceptors (Lipinski definition) is 6. The normalized spacial score (nSPS) is 11.1. The van der Waals surface area contributed by atoms with Crippen LogP contribution in [0.3, 0.4) is 0 Å². The number of ether oxygens (including phenoxy) is 2. The second-order valence-electron chi connectivity index (χ2n) is 5.32. The van der Waals surface area contributed by atoms with Gasteiger partial charge in [0.05, 0.1) is 24.8 Å². The van der Waals surface area contributed by atoms with E-state index in [1.54, 1.807) is 30.9 Å². The van der Waals surface area contributed by atoms with Crippen LogP contribution >= 0.6 is 22.9 Å². The molecule has 0 aliphatic rings. The Morgan fingerprint density at radius 1 is 1.08 bits per heavy atom. The van der Waals surface area contributed by atoms with Crippen LogP contribution in [-0.4, -0.2) is 34.0 Å². The van der Waals surface area contributed by atoms with Crippen LogP contribution < -0.4 is 9.47 Å². The number of hydrogen-bond donors (Lipinski definition) is 0. The summed E-state index contributed by atoms with van der Waals surface area (Å²) in [6.07, 6.45) is 0. The maximum atomic E-state index is 13.4. The van der Waals surface area contributed by atoms with Crippen molar-refractivity contribution < 1.29 is 13.9 Å². The first-order valence-electron chi connectivity index (χ1n) is 7.51. The fraction of sp³-hybridized carbons (Fsp3) is 0.118. The molecule has 0 N–H and O–H groups in total. The first-order chi connectivity index (χ1) is 12.6. The van der Waals surface area contributed by atoms with Gasteiger partial charge in [-0.25, -0.2) is 4.39 Å². The molecule has 0 bridgehead atoms. The minimum absolute atomic E-state index is 0.0199. The molecule has 6 nitrogen and oxygen atoms in total. The summed E-state index contributed by atoms with van der Waals surface area (Å²) in [7, 11) is 3.18. The number of benzene rings is 2. The Kier molecular flexibility index (Phi) is 4.21. The van der Waals surface area contributed by atoms with Gasteiger partial charge in [0.25, 0.3) is 0 Å². The van der Waals surface area contributed by atoms with Crippen molar-refractivity contribution in [2.24, 2.45) is 0 Å². The van der Waals surface area contributed by atoms with Crippen LogP contribution in [0.5, 0.6) is 11.5 Å². The number of fused-ring (bicyclic) bond motifs is 1. The molecular formula is C17H12ClFN4O2S. The van der Waals surface area contributed by atoms with Crippen molar-refractivity contribution >= 4 is 27.9 Å². The van der Waals surface area contributed by atoms with Gasteiger partial charge in [-0.05, 0) is 30.3 Å². The molecular weight excluding hydrogens is 379 g/mol. The molecule has 0 aliphatic carbocycles. The Labute approximate surface area is 156 Å². The predicted octanol–water partition coefficient (Wildman–Crippen LogP) is 4.33. The summed E-state index contributed by atoms with van der Waals surface area (Å²) in [5.74, 6) is 1.32. The van der Waals surface area contributed by atoms with Gasteiger partial charge < -0.3 is 9.47 Å². The van der Waals surface area contributed by atoms with Gasteiger partial charge in [-0.15, -0.1) is 10.2 Å². The lowest BCUT2D eigenvalue weighted by Gasteiger charge is -2.07. The Hall–Kier alpha value is -2.71. The first kappa shape index (κ1) is 16.7. The van der Waals surface area contributed by atoms with E-state index in [0.717, 1.165) is 5.56 Å². The molecule has 0 saturated carbocycles. The highest BCUT2D eigenvalue weighted by Crippen LogP contribution is 2.36. The molecule has 9 heteroatoms. The Balaban J connectivity index is 1.82. The van der Waals surface area contributed by atoms with Crippen molar-refractivity contribution in [3.8, 4) is 33.5 Å². The second-order valence-corrected chi connectivity index (χ2v) is 6.68. The lowest BCUT2D eigenvalue weighted by atomic mass is 10.2. The zero-order chi connectivity index (χ0) is 18.3. The highest BCUT2D eigenvalue weighted by Gasteiger charge is 2.18. The van der Waals surface area contributed by atoms with E-state index in [1.807, 2.05) is 12.1 Å². The number of methoxy groups -OCH3 is 2. The van der Waals surface area contributed by atoms with E-state index >= 15 is 0 Å². The van der Waals surface area contributed by atoms with Gasteiger partial charge in [-0.2, -0.15) is 9.61 Å². The standard InChI is InChI=1S/C17H12ClFN4O2S/c1-24-10-4-5-11(14(8-10)25-2)16-22-23-15(20-21-17(23)26-16)9-3-6-13(19)12(18)7-9/h3-8H,1-2H3. The molecule has 132 valence electrons. The summed E-state index contributed by atoms with van der Waals surface area (Å²) in [6, 6.07) is 9.88. The van der Waals surface area contributed by atoms with Crippen molar-refractivity contribution in [1.82, 2.24) is 19.8 Å². The molecule has 4 rings (SSSR count). The van der Waals surface area contributed by atoms with E-state index in [4.69, 9.17) is 21.1 Å². The Morgan fingerprint density at radius 2 is 1.92 bits per heavy atom. The molecule has 2 aromatic heterocycles. The molecule has 0 atom stereocenters.